The Morgan fingerprint density at radius 1 is 1.42 bits per heavy atom. The molecule has 1 amide bonds. The predicted octanol–water partition coefficient (Wildman–Crippen LogP) is 1.72. The summed E-state index contributed by atoms with van der Waals surface area (Å²) in [5.74, 6) is -0.321. The Morgan fingerprint density at radius 3 is 2.89 bits per heavy atom. The number of rotatable bonds is 4. The van der Waals surface area contributed by atoms with Crippen LogP contribution in [0.15, 0.2) is 24.4 Å². The summed E-state index contributed by atoms with van der Waals surface area (Å²) >= 11 is 11.7. The molecule has 0 saturated heterocycles. The third-order valence-corrected chi connectivity index (χ3v) is 2.82. The molecule has 0 bridgehead atoms. The molecule has 0 aliphatic rings. The highest BCUT2D eigenvalue weighted by molar-refractivity contribution is 6.35. The maximum atomic E-state index is 11.8. The molecule has 1 heterocycles. The first-order valence-corrected chi connectivity index (χ1v) is 6.09. The Labute approximate surface area is 118 Å². The summed E-state index contributed by atoms with van der Waals surface area (Å²) in [6, 6.07) is 4.78. The molecule has 8 heteroatoms. The Hall–Kier alpha value is -1.63. The fourth-order valence-corrected chi connectivity index (χ4v) is 1.76. The average Bonchev–Trinajstić information content (AvgIpc) is 2.81. The number of carbonyl (C=O) groups excluding carboxylic acids is 1. The number of halogens is 2. The molecular weight excluding hydrogens is 291 g/mol. The zero-order valence-electron chi connectivity index (χ0n) is 9.68. The third kappa shape index (κ3) is 3.66. The van der Waals surface area contributed by atoms with Crippen LogP contribution in [-0.2, 0) is 17.9 Å². The standard InChI is InChI=1S/C11H10Cl2N4O2/c12-7-1-2-9(13)10(3-7)14-11(19)5-17-4-8(6-18)15-16-17/h1-4,18H,5-6H2,(H,14,19). The van der Waals surface area contributed by atoms with Crippen molar-refractivity contribution in [3.8, 4) is 0 Å². The van der Waals surface area contributed by atoms with Crippen LogP contribution >= 0.6 is 23.2 Å². The van der Waals surface area contributed by atoms with Gasteiger partial charge in [0.1, 0.15) is 12.2 Å². The second-order valence-corrected chi connectivity index (χ2v) is 4.58. The molecule has 19 heavy (non-hydrogen) atoms. The van der Waals surface area contributed by atoms with Gasteiger partial charge in [0.2, 0.25) is 5.91 Å². The molecule has 0 fully saturated rings. The molecule has 0 aliphatic heterocycles. The van der Waals surface area contributed by atoms with E-state index in [1.165, 1.54) is 10.9 Å². The van der Waals surface area contributed by atoms with Crippen molar-refractivity contribution in [2.45, 2.75) is 13.2 Å². The van der Waals surface area contributed by atoms with Gasteiger partial charge in [0.25, 0.3) is 0 Å². The van der Waals surface area contributed by atoms with Crippen molar-refractivity contribution in [2.24, 2.45) is 0 Å². The molecule has 6 nitrogen and oxygen atoms in total. The lowest BCUT2D eigenvalue weighted by Gasteiger charge is -2.07. The first kappa shape index (κ1) is 13.8. The number of aliphatic hydroxyl groups is 1. The summed E-state index contributed by atoms with van der Waals surface area (Å²) in [5, 5.41) is 19.7. The quantitative estimate of drug-likeness (QED) is 0.901. The van der Waals surface area contributed by atoms with Crippen molar-refractivity contribution in [3.63, 3.8) is 0 Å². The van der Waals surface area contributed by atoms with Gasteiger partial charge in [-0.05, 0) is 18.2 Å². The van der Waals surface area contributed by atoms with Crippen molar-refractivity contribution in [3.05, 3.63) is 40.1 Å². The summed E-state index contributed by atoms with van der Waals surface area (Å²) < 4.78 is 1.32. The van der Waals surface area contributed by atoms with Crippen LogP contribution in [0.1, 0.15) is 5.69 Å². The normalized spacial score (nSPS) is 10.5. The summed E-state index contributed by atoms with van der Waals surface area (Å²) in [4.78, 5) is 11.8. The second-order valence-electron chi connectivity index (χ2n) is 3.74. The molecule has 0 aliphatic carbocycles. The highest BCUT2D eigenvalue weighted by Crippen LogP contribution is 2.25. The van der Waals surface area contributed by atoms with Gasteiger partial charge in [0, 0.05) is 5.02 Å². The number of carbonyl (C=O) groups is 1. The van der Waals surface area contributed by atoms with Crippen LogP contribution in [0, 0.1) is 0 Å². The van der Waals surface area contributed by atoms with Gasteiger partial charge in [-0.2, -0.15) is 0 Å². The Morgan fingerprint density at radius 2 is 2.21 bits per heavy atom. The largest absolute Gasteiger partial charge is 0.390 e. The van der Waals surface area contributed by atoms with Gasteiger partial charge in [0.15, 0.2) is 0 Å². The fraction of sp³-hybridized carbons (Fsp3) is 0.182. The number of anilines is 1. The number of nitrogens with zero attached hydrogens (tertiary/aromatic N) is 3. The van der Waals surface area contributed by atoms with Crippen LogP contribution in [0.2, 0.25) is 10.0 Å². The van der Waals surface area contributed by atoms with Gasteiger partial charge in [-0.25, -0.2) is 4.68 Å². The number of benzene rings is 1. The SMILES string of the molecule is O=C(Cn1cc(CO)nn1)Nc1cc(Cl)ccc1Cl. The molecule has 1 aromatic heterocycles. The molecule has 0 saturated carbocycles. The lowest BCUT2D eigenvalue weighted by molar-refractivity contribution is -0.116. The van der Waals surface area contributed by atoms with E-state index in [1.807, 2.05) is 0 Å². The highest BCUT2D eigenvalue weighted by Gasteiger charge is 2.08. The molecule has 2 rings (SSSR count). The monoisotopic (exact) mass is 300 g/mol. The Balaban J connectivity index is 2.03. The summed E-state index contributed by atoms with van der Waals surface area (Å²) in [7, 11) is 0. The van der Waals surface area contributed by atoms with E-state index in [4.69, 9.17) is 28.3 Å². The number of aromatic nitrogens is 3. The summed E-state index contributed by atoms with van der Waals surface area (Å²) in [6.07, 6.45) is 1.49. The zero-order chi connectivity index (χ0) is 13.8. The maximum Gasteiger partial charge on any atom is 0.246 e. The second kappa shape index (κ2) is 6.01. The zero-order valence-corrected chi connectivity index (χ0v) is 11.2. The van der Waals surface area contributed by atoms with Gasteiger partial charge in [-0.3, -0.25) is 4.79 Å². The van der Waals surface area contributed by atoms with Crippen molar-refractivity contribution < 1.29 is 9.90 Å². The molecule has 2 N–H and O–H groups in total. The van der Waals surface area contributed by atoms with Crippen LogP contribution in [0.4, 0.5) is 5.69 Å². The average molecular weight is 301 g/mol. The summed E-state index contributed by atoms with van der Waals surface area (Å²) in [6.45, 7) is -0.252. The van der Waals surface area contributed by atoms with Crippen LogP contribution in [0.25, 0.3) is 0 Å². The molecule has 1 aromatic carbocycles. The molecule has 0 atom stereocenters. The van der Waals surface area contributed by atoms with E-state index in [0.717, 1.165) is 0 Å². The smallest absolute Gasteiger partial charge is 0.246 e. The number of hydrogen-bond donors (Lipinski definition) is 2. The number of hydrogen-bond acceptors (Lipinski definition) is 4. The van der Waals surface area contributed by atoms with Gasteiger partial charge in [-0.15, -0.1) is 5.10 Å². The first-order valence-electron chi connectivity index (χ1n) is 5.33. The van der Waals surface area contributed by atoms with Crippen molar-refractivity contribution in [1.82, 2.24) is 15.0 Å². The van der Waals surface area contributed by atoms with Crippen LogP contribution in [0.3, 0.4) is 0 Å². The molecule has 0 spiro atoms. The highest BCUT2D eigenvalue weighted by atomic mass is 35.5. The lowest BCUT2D eigenvalue weighted by atomic mass is 10.3. The van der Waals surface area contributed by atoms with Gasteiger partial charge < -0.3 is 10.4 Å². The lowest BCUT2D eigenvalue weighted by Crippen LogP contribution is -2.19. The van der Waals surface area contributed by atoms with E-state index in [1.54, 1.807) is 18.2 Å². The number of amides is 1. The van der Waals surface area contributed by atoms with Crippen molar-refractivity contribution in [1.29, 1.82) is 0 Å². The van der Waals surface area contributed by atoms with E-state index < -0.39 is 0 Å². The van der Waals surface area contributed by atoms with Crippen molar-refractivity contribution >= 4 is 34.8 Å². The molecule has 0 unspecified atom stereocenters. The van der Waals surface area contributed by atoms with Gasteiger partial charge >= 0.3 is 0 Å². The van der Waals surface area contributed by atoms with E-state index in [-0.39, 0.29) is 19.1 Å². The van der Waals surface area contributed by atoms with Crippen LogP contribution in [0.5, 0.6) is 0 Å². The minimum absolute atomic E-state index is 0.0319. The van der Waals surface area contributed by atoms with Gasteiger partial charge in [-0.1, -0.05) is 28.4 Å². The fourth-order valence-electron chi connectivity index (χ4n) is 1.42. The number of nitrogens with one attached hydrogen (secondary N) is 1. The third-order valence-electron chi connectivity index (χ3n) is 2.26. The minimum Gasteiger partial charge on any atom is -0.390 e. The molecule has 0 radical (unpaired) electrons. The van der Waals surface area contributed by atoms with Crippen LogP contribution in [-0.4, -0.2) is 26.0 Å². The maximum absolute atomic E-state index is 11.8. The molecule has 100 valence electrons. The topological polar surface area (TPSA) is 80.0 Å². The predicted molar refractivity (Wildman–Crippen MR) is 71.0 cm³/mol. The van der Waals surface area contributed by atoms with Crippen LogP contribution < -0.4 is 5.32 Å². The minimum atomic E-state index is -0.321. The summed E-state index contributed by atoms with van der Waals surface area (Å²) in [5.41, 5.74) is 0.829. The van der Waals surface area contributed by atoms with E-state index in [9.17, 15) is 4.79 Å². The van der Waals surface area contributed by atoms with Gasteiger partial charge in [0.05, 0.1) is 23.5 Å². The van der Waals surface area contributed by atoms with E-state index in [2.05, 4.69) is 15.6 Å². The van der Waals surface area contributed by atoms with E-state index in [0.29, 0.717) is 21.4 Å². The Bertz CT molecular complexity index is 600. The Kier molecular flexibility index (Phi) is 4.36. The number of aliphatic hydroxyl groups excluding tert-OH is 1. The molecule has 2 aromatic rings. The first-order chi connectivity index (χ1) is 9.08. The van der Waals surface area contributed by atoms with Crippen molar-refractivity contribution in [2.75, 3.05) is 5.32 Å². The van der Waals surface area contributed by atoms with E-state index >= 15 is 0 Å². The molecular formula is C11H10Cl2N4O2.